The van der Waals surface area contributed by atoms with E-state index in [1.54, 1.807) is 0 Å². The number of rotatable bonds is 0. The Morgan fingerprint density at radius 3 is 2.36 bits per heavy atom. The molecule has 4 saturated carbocycles. The monoisotopic (exact) mass is 396 g/mol. The summed E-state index contributed by atoms with van der Waals surface area (Å²) in [7, 11) is 0. The summed E-state index contributed by atoms with van der Waals surface area (Å²) in [5.41, 5.74) is 0.0894. The molecule has 1 N–H and O–H groups in total. The van der Waals surface area contributed by atoms with E-state index in [0.29, 0.717) is 17.9 Å². The highest BCUT2D eigenvalue weighted by Gasteiger charge is 2.68. The molecule has 158 valence electrons. The molecule has 4 unspecified atom stereocenters. The van der Waals surface area contributed by atoms with E-state index in [4.69, 9.17) is 9.47 Å². The van der Waals surface area contributed by atoms with Crippen molar-refractivity contribution in [3.8, 4) is 0 Å². The number of ether oxygens (including phenoxy) is 2. The van der Waals surface area contributed by atoms with E-state index in [2.05, 4.69) is 13.8 Å². The van der Waals surface area contributed by atoms with Crippen molar-refractivity contribution in [3.05, 3.63) is 11.7 Å². The van der Waals surface area contributed by atoms with Crippen LogP contribution < -0.4 is 0 Å². The fraction of sp³-hybridized carbons (Fsp3) is 0.913. The van der Waals surface area contributed by atoms with Crippen LogP contribution in [0.4, 0.5) is 8.78 Å². The number of allylic oxidation sites excluding steroid dienone is 1. The van der Waals surface area contributed by atoms with Crippen LogP contribution in [0.15, 0.2) is 11.7 Å². The van der Waals surface area contributed by atoms with E-state index in [0.717, 1.165) is 38.5 Å². The summed E-state index contributed by atoms with van der Waals surface area (Å²) in [6, 6.07) is 0. The van der Waals surface area contributed by atoms with E-state index >= 15 is 0 Å². The largest absolute Gasteiger partial charge is 0.393 e. The molecular weight excluding hydrogens is 362 g/mol. The quantitative estimate of drug-likeness (QED) is 0.605. The maximum absolute atomic E-state index is 13.8. The molecular formula is C23H34F2O3. The molecule has 3 nitrogen and oxygen atoms in total. The second-order valence-electron chi connectivity index (χ2n) is 11.1. The minimum absolute atomic E-state index is 0.0400. The van der Waals surface area contributed by atoms with Crippen LogP contribution in [0.3, 0.4) is 0 Å². The Bertz CT molecular complexity index is 702. The van der Waals surface area contributed by atoms with Gasteiger partial charge in [-0.25, -0.2) is 0 Å². The summed E-state index contributed by atoms with van der Waals surface area (Å²) in [5, 5.41) is 10.4. The molecule has 0 aromatic carbocycles. The summed E-state index contributed by atoms with van der Waals surface area (Å²) in [5.74, 6) is 0.590. The van der Waals surface area contributed by atoms with E-state index < -0.39 is 17.3 Å². The Morgan fingerprint density at radius 1 is 0.929 bits per heavy atom. The molecule has 1 aliphatic heterocycles. The SMILES string of the molecule is CC1(C)O[C@@H]2C3C(CC[C@]4(C)C(=C(F)F)CCC34)[C@@]3(C)CC[C@H](O)CC3[C@H]2O1. The summed E-state index contributed by atoms with van der Waals surface area (Å²) in [6.07, 6.45) is 3.98. The van der Waals surface area contributed by atoms with Gasteiger partial charge in [-0.15, -0.1) is 0 Å². The molecule has 1 saturated heterocycles. The van der Waals surface area contributed by atoms with Gasteiger partial charge >= 0.3 is 0 Å². The average molecular weight is 397 g/mol. The third-order valence-corrected chi connectivity index (χ3v) is 9.52. The Hall–Kier alpha value is -0.520. The maximum atomic E-state index is 13.8. The highest BCUT2D eigenvalue weighted by Crippen LogP contribution is 2.69. The van der Waals surface area contributed by atoms with E-state index in [1.807, 2.05) is 13.8 Å². The van der Waals surface area contributed by atoms with Gasteiger partial charge in [-0.3, -0.25) is 0 Å². The van der Waals surface area contributed by atoms with Gasteiger partial charge in [0, 0.05) is 5.57 Å². The molecule has 0 aromatic rings. The summed E-state index contributed by atoms with van der Waals surface area (Å²) >= 11 is 0. The maximum Gasteiger partial charge on any atom is 0.270 e. The lowest BCUT2D eigenvalue weighted by atomic mass is 9.43. The summed E-state index contributed by atoms with van der Waals surface area (Å²) in [4.78, 5) is 0. The Kier molecular flexibility index (Phi) is 4.17. The van der Waals surface area contributed by atoms with Gasteiger partial charge in [0.1, 0.15) is 0 Å². The molecule has 1 heterocycles. The van der Waals surface area contributed by atoms with Crippen molar-refractivity contribution in [2.45, 2.75) is 96.7 Å². The van der Waals surface area contributed by atoms with E-state index in [9.17, 15) is 13.9 Å². The predicted octanol–water partition coefficient (Wildman–Crippen LogP) is 5.28. The lowest BCUT2D eigenvalue weighted by Gasteiger charge is -2.62. The van der Waals surface area contributed by atoms with Gasteiger partial charge in [-0.1, -0.05) is 13.8 Å². The highest BCUT2D eigenvalue weighted by atomic mass is 19.3. The second kappa shape index (κ2) is 6.01. The highest BCUT2D eigenvalue weighted by molar-refractivity contribution is 5.26. The number of hydrogen-bond acceptors (Lipinski definition) is 3. The first-order valence-corrected chi connectivity index (χ1v) is 11.2. The van der Waals surface area contributed by atoms with Crippen LogP contribution in [0.5, 0.6) is 0 Å². The number of fused-ring (bicyclic) bond motifs is 8. The van der Waals surface area contributed by atoms with Gasteiger partial charge in [0.2, 0.25) is 0 Å². The first kappa shape index (κ1) is 19.4. The Morgan fingerprint density at radius 2 is 1.64 bits per heavy atom. The van der Waals surface area contributed by atoms with Gasteiger partial charge in [0.15, 0.2) is 5.79 Å². The molecule has 5 rings (SSSR count). The zero-order chi connectivity index (χ0) is 20.1. The predicted molar refractivity (Wildman–Crippen MR) is 102 cm³/mol. The van der Waals surface area contributed by atoms with Gasteiger partial charge < -0.3 is 14.6 Å². The molecule has 0 amide bonds. The van der Waals surface area contributed by atoms with Crippen molar-refractivity contribution < 1.29 is 23.4 Å². The molecule has 0 radical (unpaired) electrons. The molecule has 5 aliphatic rings. The van der Waals surface area contributed by atoms with Crippen molar-refractivity contribution in [3.63, 3.8) is 0 Å². The lowest BCUT2D eigenvalue weighted by molar-refractivity contribution is -0.183. The smallest absolute Gasteiger partial charge is 0.270 e. The second-order valence-corrected chi connectivity index (χ2v) is 11.1. The van der Waals surface area contributed by atoms with Crippen LogP contribution in [-0.2, 0) is 9.47 Å². The van der Waals surface area contributed by atoms with Crippen molar-refractivity contribution >= 4 is 0 Å². The molecule has 5 fully saturated rings. The minimum atomic E-state index is -1.45. The zero-order valence-electron chi connectivity index (χ0n) is 17.5. The van der Waals surface area contributed by atoms with Gasteiger partial charge in [0.05, 0.1) is 18.3 Å². The third-order valence-electron chi connectivity index (χ3n) is 9.52. The van der Waals surface area contributed by atoms with Crippen molar-refractivity contribution in [1.82, 2.24) is 0 Å². The lowest BCUT2D eigenvalue weighted by Crippen LogP contribution is -2.63. The van der Waals surface area contributed by atoms with Gasteiger partial charge in [-0.05, 0) is 93.3 Å². The Labute approximate surface area is 166 Å². The molecule has 0 spiro atoms. The molecule has 0 bridgehead atoms. The van der Waals surface area contributed by atoms with Gasteiger partial charge in [-0.2, -0.15) is 8.78 Å². The van der Waals surface area contributed by atoms with Crippen LogP contribution >= 0.6 is 0 Å². The topological polar surface area (TPSA) is 38.7 Å². The first-order valence-electron chi connectivity index (χ1n) is 11.2. The molecule has 4 aliphatic carbocycles. The van der Waals surface area contributed by atoms with Crippen molar-refractivity contribution in [2.24, 2.45) is 34.5 Å². The molecule has 5 heteroatoms. The normalized spacial score (nSPS) is 54.5. The van der Waals surface area contributed by atoms with Crippen LogP contribution in [0.2, 0.25) is 0 Å². The summed E-state index contributed by atoms with van der Waals surface area (Å²) in [6.45, 7) is 8.40. The fourth-order valence-corrected chi connectivity index (χ4v) is 8.29. The van der Waals surface area contributed by atoms with Crippen LogP contribution in [0, 0.1) is 34.5 Å². The van der Waals surface area contributed by atoms with Crippen molar-refractivity contribution in [1.29, 1.82) is 0 Å². The number of hydrogen-bond donors (Lipinski definition) is 1. The van der Waals surface area contributed by atoms with Crippen LogP contribution in [0.1, 0.15) is 72.6 Å². The van der Waals surface area contributed by atoms with Gasteiger partial charge in [0.25, 0.3) is 6.08 Å². The Balaban J connectivity index is 1.59. The third kappa shape index (κ3) is 2.48. The number of halogens is 2. The average Bonchev–Trinajstić information content (AvgIpc) is 3.12. The number of aliphatic hydroxyl groups excluding tert-OH is 1. The number of aliphatic hydroxyl groups is 1. The van der Waals surface area contributed by atoms with Crippen LogP contribution in [-0.4, -0.2) is 29.2 Å². The van der Waals surface area contributed by atoms with Crippen molar-refractivity contribution in [2.75, 3.05) is 0 Å². The molecule has 0 aromatic heterocycles. The molecule has 28 heavy (non-hydrogen) atoms. The minimum Gasteiger partial charge on any atom is -0.393 e. The zero-order valence-corrected chi connectivity index (χ0v) is 17.5. The standard InChI is InChI=1S/C23H34F2O3/c1-21(2)27-18-16-11-12(26)7-9-23(16,4)14-8-10-22(3)13(17(14)19(18)28-21)5-6-15(22)20(24)25/h12-14,16-19,26H,5-11H2,1-4H3/t12-,13?,14?,16?,17?,18+,19+,22-,23+/m0/s1. The van der Waals surface area contributed by atoms with E-state index in [-0.39, 0.29) is 41.5 Å². The van der Waals surface area contributed by atoms with Crippen LogP contribution in [0.25, 0.3) is 0 Å². The summed E-state index contributed by atoms with van der Waals surface area (Å²) < 4.78 is 40.4. The molecule has 9 atom stereocenters. The first-order chi connectivity index (χ1) is 13.1. The van der Waals surface area contributed by atoms with E-state index in [1.165, 1.54) is 0 Å². The fourth-order valence-electron chi connectivity index (χ4n) is 8.29.